The molecular weight excluding hydrogens is 283 g/mol. The van der Waals surface area contributed by atoms with Gasteiger partial charge in [-0.15, -0.1) is 0 Å². The van der Waals surface area contributed by atoms with Gasteiger partial charge in [0.2, 0.25) is 5.95 Å². The summed E-state index contributed by atoms with van der Waals surface area (Å²) in [6.45, 7) is 2.80. The van der Waals surface area contributed by atoms with E-state index in [0.717, 1.165) is 32.5 Å². The Balaban J connectivity index is 1.62. The van der Waals surface area contributed by atoms with Crippen molar-refractivity contribution < 1.29 is 4.39 Å². The zero-order valence-corrected chi connectivity index (χ0v) is 13.0. The maximum Gasteiger partial charge on any atom is 0.227 e. The summed E-state index contributed by atoms with van der Waals surface area (Å²) in [5, 5.41) is 0. The first-order valence-corrected chi connectivity index (χ1v) is 7.54. The lowest BCUT2D eigenvalue weighted by molar-refractivity contribution is 0.354. The molecule has 0 atom stereocenters. The Bertz CT molecular complexity index is 605. The number of hydrogen-bond donors (Lipinski definition) is 0. The summed E-state index contributed by atoms with van der Waals surface area (Å²) in [6, 6.07) is 0. The van der Waals surface area contributed by atoms with Crippen LogP contribution in [0, 0.1) is 11.7 Å². The second kappa shape index (κ2) is 6.29. The molecule has 0 aromatic carbocycles. The highest BCUT2D eigenvalue weighted by atomic mass is 19.1. The fraction of sp³-hybridized carbons (Fsp3) is 0.533. The van der Waals surface area contributed by atoms with Gasteiger partial charge in [0.1, 0.15) is 0 Å². The van der Waals surface area contributed by atoms with E-state index in [-0.39, 0.29) is 5.82 Å². The third kappa shape index (κ3) is 3.18. The topological polar surface area (TPSA) is 50.1 Å². The highest BCUT2D eigenvalue weighted by Gasteiger charge is 2.22. The van der Waals surface area contributed by atoms with Gasteiger partial charge in [-0.1, -0.05) is 0 Å². The Kier molecular flexibility index (Phi) is 4.22. The van der Waals surface area contributed by atoms with Gasteiger partial charge in [-0.3, -0.25) is 0 Å². The van der Waals surface area contributed by atoms with Gasteiger partial charge in [-0.25, -0.2) is 14.4 Å². The zero-order valence-electron chi connectivity index (χ0n) is 13.0. The van der Waals surface area contributed by atoms with Crippen molar-refractivity contribution in [2.75, 3.05) is 37.0 Å². The lowest BCUT2D eigenvalue weighted by atomic mass is 9.97. The molecule has 1 saturated heterocycles. The van der Waals surface area contributed by atoms with E-state index in [1.54, 1.807) is 19.0 Å². The first kappa shape index (κ1) is 14.7. The van der Waals surface area contributed by atoms with Crippen LogP contribution in [0.1, 0.15) is 12.8 Å². The Hall–Kier alpha value is -2.18. The second-order valence-electron chi connectivity index (χ2n) is 5.93. The van der Waals surface area contributed by atoms with Gasteiger partial charge in [-0.2, -0.15) is 4.98 Å². The molecule has 0 bridgehead atoms. The summed E-state index contributed by atoms with van der Waals surface area (Å²) >= 11 is 0. The fourth-order valence-corrected chi connectivity index (χ4v) is 2.82. The van der Waals surface area contributed by atoms with Crippen molar-refractivity contribution in [1.82, 2.24) is 19.5 Å². The Morgan fingerprint density at radius 3 is 2.73 bits per heavy atom. The Labute approximate surface area is 129 Å². The highest BCUT2D eigenvalue weighted by Crippen LogP contribution is 2.24. The number of hydrogen-bond acceptors (Lipinski definition) is 5. The number of anilines is 2. The first-order valence-electron chi connectivity index (χ1n) is 7.54. The van der Waals surface area contributed by atoms with Crippen LogP contribution in [0.25, 0.3) is 0 Å². The van der Waals surface area contributed by atoms with Crippen LogP contribution < -0.4 is 9.80 Å². The molecule has 1 aliphatic rings. The molecule has 0 radical (unpaired) electrons. The lowest BCUT2D eigenvalue weighted by Gasteiger charge is -2.32. The largest absolute Gasteiger partial charge is 0.360 e. The van der Waals surface area contributed by atoms with E-state index in [2.05, 4.69) is 24.4 Å². The van der Waals surface area contributed by atoms with Gasteiger partial charge in [0, 0.05) is 46.1 Å². The predicted molar refractivity (Wildman–Crippen MR) is 83.5 cm³/mol. The first-order chi connectivity index (χ1) is 10.6. The number of nitrogens with zero attached hydrogens (tertiary/aromatic N) is 6. The smallest absolute Gasteiger partial charge is 0.227 e. The monoisotopic (exact) mass is 304 g/mol. The molecule has 1 fully saturated rings. The average Bonchev–Trinajstić information content (AvgIpc) is 3.01. The van der Waals surface area contributed by atoms with Crippen LogP contribution in [0.15, 0.2) is 24.9 Å². The Morgan fingerprint density at radius 2 is 2.09 bits per heavy atom. The molecule has 118 valence electrons. The van der Waals surface area contributed by atoms with Crippen molar-refractivity contribution in [3.05, 3.63) is 30.7 Å². The summed E-state index contributed by atoms with van der Waals surface area (Å²) in [4.78, 5) is 16.4. The van der Waals surface area contributed by atoms with E-state index in [0.29, 0.717) is 17.7 Å². The van der Waals surface area contributed by atoms with Gasteiger partial charge in [0.15, 0.2) is 11.6 Å². The molecular formula is C15H21FN6. The molecule has 0 amide bonds. The van der Waals surface area contributed by atoms with Crippen molar-refractivity contribution in [3.8, 4) is 0 Å². The molecule has 0 N–H and O–H groups in total. The van der Waals surface area contributed by atoms with E-state index in [1.165, 1.54) is 6.20 Å². The number of halogens is 1. The molecule has 2 aromatic heterocycles. The van der Waals surface area contributed by atoms with Gasteiger partial charge in [0.25, 0.3) is 0 Å². The number of aromatic nitrogens is 4. The summed E-state index contributed by atoms with van der Waals surface area (Å²) in [7, 11) is 3.57. The standard InChI is InChI=1S/C15H21FN6/c1-20(2)14-13(16)9-18-15(19-14)22-6-3-12(4-7-22)10-21-8-5-17-11-21/h5,8-9,11-12H,3-4,6-7,10H2,1-2H3. The van der Waals surface area contributed by atoms with Crippen LogP contribution in [0.2, 0.25) is 0 Å². The van der Waals surface area contributed by atoms with Gasteiger partial charge in [-0.05, 0) is 18.8 Å². The van der Waals surface area contributed by atoms with Crippen LogP contribution in [-0.4, -0.2) is 46.7 Å². The molecule has 3 rings (SSSR count). The summed E-state index contributed by atoms with van der Waals surface area (Å²) in [5.74, 6) is 1.21. The molecule has 0 spiro atoms. The lowest BCUT2D eigenvalue weighted by Crippen LogP contribution is -2.36. The van der Waals surface area contributed by atoms with Crippen molar-refractivity contribution in [3.63, 3.8) is 0 Å². The SMILES string of the molecule is CN(C)c1nc(N2CCC(Cn3ccnc3)CC2)ncc1F. The van der Waals surface area contributed by atoms with E-state index in [1.807, 2.05) is 18.7 Å². The molecule has 6 nitrogen and oxygen atoms in total. The van der Waals surface area contributed by atoms with Crippen molar-refractivity contribution in [2.24, 2.45) is 5.92 Å². The van der Waals surface area contributed by atoms with E-state index >= 15 is 0 Å². The van der Waals surface area contributed by atoms with Crippen LogP contribution in [0.4, 0.5) is 16.2 Å². The van der Waals surface area contributed by atoms with E-state index in [4.69, 9.17) is 0 Å². The highest BCUT2D eigenvalue weighted by molar-refractivity contribution is 5.43. The number of imidazole rings is 1. The molecule has 0 saturated carbocycles. The molecule has 3 heterocycles. The normalized spacial score (nSPS) is 16.0. The van der Waals surface area contributed by atoms with Gasteiger partial charge < -0.3 is 14.4 Å². The third-order valence-corrected chi connectivity index (χ3v) is 4.06. The molecule has 7 heteroatoms. The van der Waals surface area contributed by atoms with Gasteiger partial charge in [0.05, 0.1) is 12.5 Å². The zero-order chi connectivity index (χ0) is 15.5. The van der Waals surface area contributed by atoms with Crippen molar-refractivity contribution >= 4 is 11.8 Å². The summed E-state index contributed by atoms with van der Waals surface area (Å²) < 4.78 is 15.8. The quantitative estimate of drug-likeness (QED) is 0.862. The molecule has 2 aromatic rings. The summed E-state index contributed by atoms with van der Waals surface area (Å²) in [5.41, 5.74) is 0. The number of rotatable bonds is 4. The fourth-order valence-electron chi connectivity index (χ4n) is 2.82. The van der Waals surface area contributed by atoms with E-state index < -0.39 is 0 Å². The maximum absolute atomic E-state index is 13.7. The van der Waals surface area contributed by atoms with Crippen LogP contribution in [0.5, 0.6) is 0 Å². The molecule has 1 aliphatic heterocycles. The van der Waals surface area contributed by atoms with Crippen LogP contribution in [-0.2, 0) is 6.54 Å². The molecule has 0 unspecified atom stereocenters. The van der Waals surface area contributed by atoms with Gasteiger partial charge >= 0.3 is 0 Å². The minimum Gasteiger partial charge on any atom is -0.360 e. The average molecular weight is 304 g/mol. The third-order valence-electron chi connectivity index (χ3n) is 4.06. The minimum absolute atomic E-state index is 0.338. The van der Waals surface area contributed by atoms with Crippen molar-refractivity contribution in [1.29, 1.82) is 0 Å². The second-order valence-corrected chi connectivity index (χ2v) is 5.93. The van der Waals surface area contributed by atoms with Crippen LogP contribution >= 0.6 is 0 Å². The number of piperidine rings is 1. The Morgan fingerprint density at radius 1 is 1.32 bits per heavy atom. The minimum atomic E-state index is -0.385. The molecule has 0 aliphatic carbocycles. The van der Waals surface area contributed by atoms with Crippen LogP contribution in [0.3, 0.4) is 0 Å². The molecule has 22 heavy (non-hydrogen) atoms. The maximum atomic E-state index is 13.7. The van der Waals surface area contributed by atoms with E-state index in [9.17, 15) is 4.39 Å². The predicted octanol–water partition coefficient (Wildman–Crippen LogP) is 1.79. The summed E-state index contributed by atoms with van der Waals surface area (Å²) in [6.07, 6.45) is 9.09. The van der Waals surface area contributed by atoms with Crippen molar-refractivity contribution in [2.45, 2.75) is 19.4 Å².